The Kier molecular flexibility index (Phi) is 7.99. The second kappa shape index (κ2) is 10.5. The van der Waals surface area contributed by atoms with Gasteiger partial charge in [-0.05, 0) is 43.0 Å². The van der Waals surface area contributed by atoms with Crippen molar-refractivity contribution in [3.05, 3.63) is 71.5 Å². The normalized spacial score (nSPS) is 11.7. The molecule has 0 bridgehead atoms. The highest BCUT2D eigenvalue weighted by molar-refractivity contribution is 5.87. The third-order valence-corrected chi connectivity index (χ3v) is 4.45. The molecule has 5 heteroatoms. The summed E-state index contributed by atoms with van der Waals surface area (Å²) in [5.74, 6) is -0.594. The molecule has 0 aliphatic carbocycles. The first-order valence-corrected chi connectivity index (χ1v) is 9.36. The van der Waals surface area contributed by atoms with Crippen LogP contribution in [0.3, 0.4) is 0 Å². The number of nitrogens with one attached hydrogen (secondary N) is 1. The van der Waals surface area contributed by atoms with Gasteiger partial charge >= 0.3 is 0 Å². The molecule has 0 saturated heterocycles. The van der Waals surface area contributed by atoms with Crippen molar-refractivity contribution in [2.45, 2.75) is 45.7 Å². The first-order chi connectivity index (χ1) is 13.0. The predicted octanol–water partition coefficient (Wildman–Crippen LogP) is 3.70. The van der Waals surface area contributed by atoms with Gasteiger partial charge in [0.1, 0.15) is 11.9 Å². The van der Waals surface area contributed by atoms with Crippen molar-refractivity contribution in [2.24, 2.45) is 0 Å². The summed E-state index contributed by atoms with van der Waals surface area (Å²) in [4.78, 5) is 26.9. The van der Waals surface area contributed by atoms with Crippen molar-refractivity contribution in [3.8, 4) is 0 Å². The molecule has 0 fully saturated rings. The van der Waals surface area contributed by atoms with E-state index < -0.39 is 6.04 Å². The molecule has 0 unspecified atom stereocenters. The fourth-order valence-corrected chi connectivity index (χ4v) is 2.80. The van der Waals surface area contributed by atoms with Gasteiger partial charge < -0.3 is 10.2 Å². The van der Waals surface area contributed by atoms with E-state index in [2.05, 4.69) is 5.32 Å². The van der Waals surface area contributed by atoms with E-state index in [9.17, 15) is 14.0 Å². The van der Waals surface area contributed by atoms with Crippen molar-refractivity contribution in [1.82, 2.24) is 10.2 Å². The van der Waals surface area contributed by atoms with E-state index in [0.717, 1.165) is 17.5 Å². The number of nitrogens with zero attached hydrogens (tertiary/aromatic N) is 1. The van der Waals surface area contributed by atoms with Crippen molar-refractivity contribution < 1.29 is 14.0 Å². The molecule has 0 heterocycles. The van der Waals surface area contributed by atoms with E-state index in [1.807, 2.05) is 37.3 Å². The zero-order chi connectivity index (χ0) is 19.6. The van der Waals surface area contributed by atoms with Crippen LogP contribution in [0.2, 0.25) is 0 Å². The standard InChI is InChI=1S/C22H27FN2O2/c1-3-15-24-22(27)17(2)25(16-19-9-12-20(23)13-10-19)21(26)14-11-18-7-5-4-6-8-18/h4-10,12-13,17H,3,11,14-16H2,1-2H3,(H,24,27)/t17-/m1/s1. The van der Waals surface area contributed by atoms with Crippen molar-refractivity contribution >= 4 is 11.8 Å². The number of benzene rings is 2. The van der Waals surface area contributed by atoms with Crippen LogP contribution < -0.4 is 5.32 Å². The lowest BCUT2D eigenvalue weighted by Gasteiger charge is -2.29. The lowest BCUT2D eigenvalue weighted by atomic mass is 10.1. The Balaban J connectivity index is 2.10. The van der Waals surface area contributed by atoms with Gasteiger partial charge in [0.15, 0.2) is 0 Å². The van der Waals surface area contributed by atoms with Crippen LogP contribution in [-0.2, 0) is 22.6 Å². The zero-order valence-corrected chi connectivity index (χ0v) is 16.0. The van der Waals surface area contributed by atoms with Crippen LogP contribution in [0.4, 0.5) is 4.39 Å². The Morgan fingerprint density at radius 1 is 1.04 bits per heavy atom. The van der Waals surface area contributed by atoms with Gasteiger partial charge in [0.2, 0.25) is 11.8 Å². The van der Waals surface area contributed by atoms with E-state index in [4.69, 9.17) is 0 Å². The van der Waals surface area contributed by atoms with E-state index in [-0.39, 0.29) is 24.2 Å². The van der Waals surface area contributed by atoms with Gasteiger partial charge in [-0.3, -0.25) is 9.59 Å². The Morgan fingerprint density at radius 2 is 1.70 bits per heavy atom. The SMILES string of the molecule is CCCNC(=O)[C@@H](C)N(Cc1ccc(F)cc1)C(=O)CCc1ccccc1. The van der Waals surface area contributed by atoms with Crippen LogP contribution in [0, 0.1) is 5.82 Å². The summed E-state index contributed by atoms with van der Waals surface area (Å²) in [5.41, 5.74) is 1.87. The number of amides is 2. The number of carbonyl (C=O) groups is 2. The minimum Gasteiger partial charge on any atom is -0.354 e. The van der Waals surface area contributed by atoms with Gasteiger partial charge in [-0.25, -0.2) is 4.39 Å². The number of aryl methyl sites for hydroxylation is 1. The molecule has 1 atom stereocenters. The van der Waals surface area contributed by atoms with Crippen LogP contribution in [0.15, 0.2) is 54.6 Å². The second-order valence-electron chi connectivity index (χ2n) is 6.60. The van der Waals surface area contributed by atoms with Gasteiger partial charge in [0.25, 0.3) is 0 Å². The smallest absolute Gasteiger partial charge is 0.242 e. The molecule has 4 nitrogen and oxygen atoms in total. The Bertz CT molecular complexity index is 732. The molecule has 27 heavy (non-hydrogen) atoms. The minimum atomic E-state index is -0.593. The molecular formula is C22H27FN2O2. The van der Waals surface area contributed by atoms with Crippen LogP contribution in [-0.4, -0.2) is 29.3 Å². The average Bonchev–Trinajstić information content (AvgIpc) is 2.70. The number of hydrogen-bond donors (Lipinski definition) is 1. The van der Waals surface area contributed by atoms with Crippen molar-refractivity contribution in [3.63, 3.8) is 0 Å². The maximum atomic E-state index is 13.2. The van der Waals surface area contributed by atoms with Crippen LogP contribution >= 0.6 is 0 Å². The Labute approximate surface area is 160 Å². The molecule has 0 saturated carbocycles. The van der Waals surface area contributed by atoms with Crippen molar-refractivity contribution in [1.29, 1.82) is 0 Å². The lowest BCUT2D eigenvalue weighted by Crippen LogP contribution is -2.47. The van der Waals surface area contributed by atoms with Gasteiger partial charge in [-0.1, -0.05) is 49.4 Å². The van der Waals surface area contributed by atoms with Gasteiger partial charge in [-0.15, -0.1) is 0 Å². The first-order valence-electron chi connectivity index (χ1n) is 9.36. The fourth-order valence-electron chi connectivity index (χ4n) is 2.80. The minimum absolute atomic E-state index is 0.0951. The fraction of sp³-hybridized carbons (Fsp3) is 0.364. The second-order valence-corrected chi connectivity index (χ2v) is 6.60. The summed E-state index contributed by atoms with van der Waals surface area (Å²) < 4.78 is 13.2. The highest BCUT2D eigenvalue weighted by atomic mass is 19.1. The monoisotopic (exact) mass is 370 g/mol. The molecule has 2 amide bonds. The molecule has 0 aliphatic rings. The molecule has 0 radical (unpaired) electrons. The summed E-state index contributed by atoms with van der Waals surface area (Å²) in [6.45, 7) is 4.56. The highest BCUT2D eigenvalue weighted by Crippen LogP contribution is 2.13. The quantitative estimate of drug-likeness (QED) is 0.732. The first kappa shape index (κ1) is 20.6. The molecule has 0 aromatic heterocycles. The summed E-state index contributed by atoms with van der Waals surface area (Å²) in [7, 11) is 0. The lowest BCUT2D eigenvalue weighted by molar-refractivity contribution is -0.140. The van der Waals surface area contributed by atoms with Gasteiger partial charge in [-0.2, -0.15) is 0 Å². The third kappa shape index (κ3) is 6.51. The molecular weight excluding hydrogens is 343 g/mol. The summed E-state index contributed by atoms with van der Waals surface area (Å²) >= 11 is 0. The molecule has 0 aliphatic heterocycles. The summed E-state index contributed by atoms with van der Waals surface area (Å²) in [6.07, 6.45) is 1.76. The Morgan fingerprint density at radius 3 is 2.33 bits per heavy atom. The third-order valence-electron chi connectivity index (χ3n) is 4.45. The summed E-state index contributed by atoms with van der Waals surface area (Å²) in [5, 5.41) is 2.84. The largest absolute Gasteiger partial charge is 0.354 e. The molecule has 2 aromatic rings. The maximum absolute atomic E-state index is 13.2. The highest BCUT2D eigenvalue weighted by Gasteiger charge is 2.25. The Hall–Kier alpha value is -2.69. The molecule has 2 rings (SSSR count). The maximum Gasteiger partial charge on any atom is 0.242 e. The zero-order valence-electron chi connectivity index (χ0n) is 16.0. The van der Waals surface area contributed by atoms with Crippen molar-refractivity contribution in [2.75, 3.05) is 6.54 Å². The van der Waals surface area contributed by atoms with Crippen LogP contribution in [0.1, 0.15) is 37.8 Å². The van der Waals surface area contributed by atoms with Gasteiger partial charge in [0, 0.05) is 19.5 Å². The molecule has 144 valence electrons. The van der Waals surface area contributed by atoms with Crippen LogP contribution in [0.25, 0.3) is 0 Å². The van der Waals surface area contributed by atoms with Crippen LogP contribution in [0.5, 0.6) is 0 Å². The predicted molar refractivity (Wildman–Crippen MR) is 104 cm³/mol. The van der Waals surface area contributed by atoms with E-state index in [1.54, 1.807) is 24.0 Å². The van der Waals surface area contributed by atoms with E-state index in [0.29, 0.717) is 19.4 Å². The van der Waals surface area contributed by atoms with E-state index >= 15 is 0 Å². The number of hydrogen-bond acceptors (Lipinski definition) is 2. The average molecular weight is 370 g/mol. The number of carbonyl (C=O) groups excluding carboxylic acids is 2. The number of rotatable bonds is 9. The van der Waals surface area contributed by atoms with Gasteiger partial charge in [0.05, 0.1) is 0 Å². The summed E-state index contributed by atoms with van der Waals surface area (Å²) in [6, 6.07) is 15.2. The number of halogens is 1. The molecule has 0 spiro atoms. The molecule has 1 N–H and O–H groups in total. The van der Waals surface area contributed by atoms with E-state index in [1.165, 1.54) is 12.1 Å². The topological polar surface area (TPSA) is 49.4 Å². The molecule has 2 aromatic carbocycles.